The van der Waals surface area contributed by atoms with Crippen molar-refractivity contribution in [1.29, 1.82) is 0 Å². The molecular formula is C32H34N4O3. The number of amides is 2. The van der Waals surface area contributed by atoms with Crippen LogP contribution in [-0.4, -0.2) is 26.8 Å². The quantitative estimate of drug-likeness (QED) is 0.233. The van der Waals surface area contributed by atoms with Crippen molar-refractivity contribution >= 4 is 17.6 Å². The van der Waals surface area contributed by atoms with Gasteiger partial charge in [-0.2, -0.15) is 9.78 Å². The number of carbonyl (C=O) groups excluding carboxylic acids is 2. The third kappa shape index (κ3) is 6.03. The predicted molar refractivity (Wildman–Crippen MR) is 153 cm³/mol. The van der Waals surface area contributed by atoms with Crippen LogP contribution >= 0.6 is 0 Å². The fraction of sp³-hybridized carbons (Fsp3) is 0.281. The van der Waals surface area contributed by atoms with Gasteiger partial charge in [0.1, 0.15) is 5.75 Å². The molecule has 0 atom stereocenters. The maximum absolute atomic E-state index is 13.3. The molecule has 0 aliphatic heterocycles. The molecule has 1 heterocycles. The maximum Gasteiger partial charge on any atom is 0.342 e. The fourth-order valence-corrected chi connectivity index (χ4v) is 5.07. The lowest BCUT2D eigenvalue weighted by molar-refractivity contribution is 0.102. The van der Waals surface area contributed by atoms with Gasteiger partial charge >= 0.3 is 6.03 Å². The van der Waals surface area contributed by atoms with Crippen LogP contribution in [0.25, 0.3) is 11.3 Å². The zero-order valence-corrected chi connectivity index (χ0v) is 22.4. The highest BCUT2D eigenvalue weighted by Gasteiger charge is 2.26. The lowest BCUT2D eigenvalue weighted by atomic mass is 10.0. The van der Waals surface area contributed by atoms with Crippen LogP contribution in [0.4, 0.5) is 10.5 Å². The van der Waals surface area contributed by atoms with Gasteiger partial charge < -0.3 is 15.7 Å². The normalized spacial score (nSPS) is 13.4. The minimum absolute atomic E-state index is 0.0305. The number of benzene rings is 3. The molecule has 1 fully saturated rings. The van der Waals surface area contributed by atoms with Crippen molar-refractivity contribution in [2.24, 2.45) is 0 Å². The molecule has 0 saturated heterocycles. The Morgan fingerprint density at radius 3 is 2.33 bits per heavy atom. The second-order valence-corrected chi connectivity index (χ2v) is 10.2. The van der Waals surface area contributed by atoms with Gasteiger partial charge in [0.15, 0.2) is 0 Å². The number of rotatable bonds is 7. The Bertz CT molecular complexity index is 1470. The predicted octanol–water partition coefficient (Wildman–Crippen LogP) is 6.79. The van der Waals surface area contributed by atoms with E-state index in [1.165, 1.54) is 10.7 Å². The Hall–Kier alpha value is -4.39. The first-order chi connectivity index (χ1) is 18.9. The Morgan fingerprint density at radius 2 is 1.64 bits per heavy atom. The van der Waals surface area contributed by atoms with Crippen molar-refractivity contribution in [1.82, 2.24) is 15.1 Å². The number of aromatic hydroxyl groups is 1. The van der Waals surface area contributed by atoms with Crippen LogP contribution in [0.5, 0.6) is 5.75 Å². The number of hydrogen-bond donors (Lipinski definition) is 3. The number of nitrogens with zero attached hydrogens (tertiary/aromatic N) is 2. The molecule has 0 spiro atoms. The SMILES string of the molecule is CCc1ccc(C(=O)Nc2ccc(O)c(-c3cc(C4CCCC4)n(C(=O)NCc4ccc(C)cc4)n3)c2)cc1. The Balaban J connectivity index is 1.40. The second kappa shape index (κ2) is 11.6. The van der Waals surface area contributed by atoms with Crippen LogP contribution in [0.1, 0.15) is 71.3 Å². The summed E-state index contributed by atoms with van der Waals surface area (Å²) >= 11 is 0. The van der Waals surface area contributed by atoms with E-state index in [2.05, 4.69) is 22.7 Å². The molecule has 0 unspecified atom stereocenters. The number of aromatic nitrogens is 2. The van der Waals surface area contributed by atoms with E-state index in [1.54, 1.807) is 24.3 Å². The van der Waals surface area contributed by atoms with Crippen molar-refractivity contribution in [3.8, 4) is 17.0 Å². The van der Waals surface area contributed by atoms with Gasteiger partial charge in [0.05, 0.1) is 11.4 Å². The van der Waals surface area contributed by atoms with Gasteiger partial charge in [-0.15, -0.1) is 0 Å². The average molecular weight is 523 g/mol. The van der Waals surface area contributed by atoms with Gasteiger partial charge in [-0.25, -0.2) is 4.79 Å². The molecule has 200 valence electrons. The molecule has 0 bridgehead atoms. The minimum Gasteiger partial charge on any atom is -0.507 e. The van der Waals surface area contributed by atoms with Gasteiger partial charge in [-0.1, -0.05) is 61.7 Å². The number of phenolic OH excluding ortho intramolecular Hbond substituents is 1. The number of hydrogen-bond acceptors (Lipinski definition) is 4. The molecule has 4 aromatic rings. The van der Waals surface area contributed by atoms with E-state index in [1.807, 2.05) is 49.4 Å². The molecule has 5 rings (SSSR count). The van der Waals surface area contributed by atoms with E-state index in [9.17, 15) is 14.7 Å². The van der Waals surface area contributed by atoms with Crippen LogP contribution in [-0.2, 0) is 13.0 Å². The Kier molecular flexibility index (Phi) is 7.77. The van der Waals surface area contributed by atoms with Gasteiger partial charge in [0.25, 0.3) is 5.91 Å². The molecule has 1 aliphatic carbocycles. The number of carbonyl (C=O) groups is 2. The summed E-state index contributed by atoms with van der Waals surface area (Å²) in [7, 11) is 0. The van der Waals surface area contributed by atoms with Crippen LogP contribution in [0.3, 0.4) is 0 Å². The van der Waals surface area contributed by atoms with Crippen LogP contribution < -0.4 is 10.6 Å². The lowest BCUT2D eigenvalue weighted by Crippen LogP contribution is -2.30. The molecule has 1 saturated carbocycles. The zero-order valence-electron chi connectivity index (χ0n) is 22.4. The standard InChI is InChI=1S/C32H34N4O3/c1-3-22-12-14-25(15-13-22)31(38)34-26-16-17-30(37)27(18-26)28-19-29(24-6-4-5-7-24)36(35-28)32(39)33-20-23-10-8-21(2)9-11-23/h8-19,24,37H,3-7,20H2,1-2H3,(H,33,39)(H,34,38). The van der Waals surface area contributed by atoms with E-state index in [-0.39, 0.29) is 23.6 Å². The third-order valence-corrected chi connectivity index (χ3v) is 7.42. The maximum atomic E-state index is 13.3. The molecule has 1 aliphatic rings. The smallest absolute Gasteiger partial charge is 0.342 e. The first-order valence-corrected chi connectivity index (χ1v) is 13.6. The van der Waals surface area contributed by atoms with Crippen molar-refractivity contribution in [2.75, 3.05) is 5.32 Å². The lowest BCUT2D eigenvalue weighted by Gasteiger charge is -2.12. The van der Waals surface area contributed by atoms with Crippen LogP contribution in [0, 0.1) is 6.92 Å². The topological polar surface area (TPSA) is 96.2 Å². The van der Waals surface area contributed by atoms with Crippen molar-refractivity contribution in [3.05, 3.63) is 101 Å². The number of nitrogens with one attached hydrogen (secondary N) is 2. The highest BCUT2D eigenvalue weighted by atomic mass is 16.3. The molecule has 2 amide bonds. The molecule has 0 radical (unpaired) electrons. The molecule has 3 aromatic carbocycles. The molecule has 1 aromatic heterocycles. The molecule has 3 N–H and O–H groups in total. The van der Waals surface area contributed by atoms with E-state index in [0.29, 0.717) is 29.1 Å². The monoisotopic (exact) mass is 522 g/mol. The summed E-state index contributed by atoms with van der Waals surface area (Å²) in [5, 5.41) is 21.2. The van der Waals surface area contributed by atoms with Crippen LogP contribution in [0.15, 0.2) is 72.8 Å². The summed E-state index contributed by atoms with van der Waals surface area (Å²) in [6, 6.07) is 22.0. The van der Waals surface area contributed by atoms with Gasteiger partial charge in [0.2, 0.25) is 0 Å². The fourth-order valence-electron chi connectivity index (χ4n) is 5.07. The van der Waals surface area contributed by atoms with Crippen molar-refractivity contribution < 1.29 is 14.7 Å². The highest BCUT2D eigenvalue weighted by Crippen LogP contribution is 2.38. The summed E-state index contributed by atoms with van der Waals surface area (Å²) in [5.41, 5.74) is 6.21. The number of anilines is 1. The number of aryl methyl sites for hydroxylation is 2. The zero-order chi connectivity index (χ0) is 27.4. The first-order valence-electron chi connectivity index (χ1n) is 13.6. The molecular weight excluding hydrogens is 488 g/mol. The van der Waals surface area contributed by atoms with E-state index in [0.717, 1.165) is 54.5 Å². The molecule has 39 heavy (non-hydrogen) atoms. The summed E-state index contributed by atoms with van der Waals surface area (Å²) in [6.07, 6.45) is 5.12. The van der Waals surface area contributed by atoms with Crippen molar-refractivity contribution in [2.45, 2.75) is 58.4 Å². The largest absolute Gasteiger partial charge is 0.507 e. The van der Waals surface area contributed by atoms with E-state index in [4.69, 9.17) is 0 Å². The minimum atomic E-state index is -0.303. The number of phenols is 1. The molecule has 7 nitrogen and oxygen atoms in total. The third-order valence-electron chi connectivity index (χ3n) is 7.42. The van der Waals surface area contributed by atoms with Gasteiger partial charge in [-0.3, -0.25) is 4.79 Å². The Labute approximate surface area is 228 Å². The first kappa shape index (κ1) is 26.2. The van der Waals surface area contributed by atoms with E-state index >= 15 is 0 Å². The summed E-state index contributed by atoms with van der Waals surface area (Å²) in [6.45, 7) is 4.49. The summed E-state index contributed by atoms with van der Waals surface area (Å²) < 4.78 is 1.44. The summed E-state index contributed by atoms with van der Waals surface area (Å²) in [4.78, 5) is 26.1. The Morgan fingerprint density at radius 1 is 0.949 bits per heavy atom. The van der Waals surface area contributed by atoms with Crippen LogP contribution in [0.2, 0.25) is 0 Å². The highest BCUT2D eigenvalue weighted by molar-refractivity contribution is 6.04. The second-order valence-electron chi connectivity index (χ2n) is 10.2. The summed E-state index contributed by atoms with van der Waals surface area (Å²) in [5.74, 6) is 0.0254. The van der Waals surface area contributed by atoms with E-state index < -0.39 is 0 Å². The van der Waals surface area contributed by atoms with Crippen molar-refractivity contribution in [3.63, 3.8) is 0 Å². The van der Waals surface area contributed by atoms with Gasteiger partial charge in [-0.05, 0) is 73.7 Å². The average Bonchev–Trinajstić information content (AvgIpc) is 3.64. The van der Waals surface area contributed by atoms with Gasteiger partial charge in [0, 0.05) is 29.3 Å². The molecule has 7 heteroatoms.